The smallest absolute Gasteiger partial charge is 0.262 e. The number of hydrogen-bond donors (Lipinski definition) is 2. The summed E-state index contributed by atoms with van der Waals surface area (Å²) in [5.74, 6) is -0.00535. The normalized spacial score (nSPS) is 18.6. The fourth-order valence-corrected chi connectivity index (χ4v) is 3.63. The van der Waals surface area contributed by atoms with Crippen LogP contribution in [-0.4, -0.2) is 18.0 Å². The van der Waals surface area contributed by atoms with Gasteiger partial charge >= 0.3 is 0 Å². The van der Waals surface area contributed by atoms with Crippen molar-refractivity contribution in [3.8, 4) is 0 Å². The van der Waals surface area contributed by atoms with Gasteiger partial charge in [-0.3, -0.25) is 4.79 Å². The average molecular weight is 303 g/mol. The number of amides is 1. The van der Waals surface area contributed by atoms with Crippen LogP contribution in [0.2, 0.25) is 0 Å². The van der Waals surface area contributed by atoms with E-state index in [0.717, 1.165) is 35.0 Å². The van der Waals surface area contributed by atoms with E-state index in [-0.39, 0.29) is 11.4 Å². The number of nitrogens with two attached hydrogens (primary N) is 1. The highest BCUT2D eigenvalue weighted by Crippen LogP contribution is 2.30. The van der Waals surface area contributed by atoms with Gasteiger partial charge in [-0.25, -0.2) is 0 Å². The zero-order chi connectivity index (χ0) is 11.6. The molecular formula is C11H15BrN2OS. The minimum Gasteiger partial charge on any atom is -0.345 e. The molecule has 1 heterocycles. The van der Waals surface area contributed by atoms with Crippen molar-refractivity contribution in [1.82, 2.24) is 5.32 Å². The van der Waals surface area contributed by atoms with Crippen LogP contribution in [0.3, 0.4) is 0 Å². The maximum absolute atomic E-state index is 12.1. The second-order valence-corrected chi connectivity index (χ2v) is 6.01. The van der Waals surface area contributed by atoms with Gasteiger partial charge in [-0.05, 0) is 40.2 Å². The Morgan fingerprint density at radius 1 is 1.56 bits per heavy atom. The molecule has 5 heteroatoms. The monoisotopic (exact) mass is 302 g/mol. The highest BCUT2D eigenvalue weighted by atomic mass is 79.9. The van der Waals surface area contributed by atoms with Gasteiger partial charge in [-0.2, -0.15) is 0 Å². The highest BCUT2D eigenvalue weighted by molar-refractivity contribution is 9.10. The molecule has 16 heavy (non-hydrogen) atoms. The Bertz CT molecular complexity index is 385. The van der Waals surface area contributed by atoms with E-state index in [0.29, 0.717) is 6.54 Å². The lowest BCUT2D eigenvalue weighted by Gasteiger charge is -2.28. The van der Waals surface area contributed by atoms with Crippen molar-refractivity contribution in [3.05, 3.63) is 20.8 Å². The molecule has 3 N–H and O–H groups in total. The van der Waals surface area contributed by atoms with Gasteiger partial charge in [0, 0.05) is 11.0 Å². The number of thiophene rings is 1. The Morgan fingerprint density at radius 3 is 2.75 bits per heavy atom. The van der Waals surface area contributed by atoms with Gasteiger partial charge in [0.25, 0.3) is 5.91 Å². The number of carbonyl (C=O) groups is 1. The molecule has 0 bridgehead atoms. The van der Waals surface area contributed by atoms with Gasteiger partial charge in [0.2, 0.25) is 0 Å². The minimum absolute atomic E-state index is 0.00535. The Labute approximate surface area is 108 Å². The van der Waals surface area contributed by atoms with Crippen molar-refractivity contribution in [3.63, 3.8) is 0 Å². The standard InChI is InChI=1S/C11H15BrN2OS/c12-8-3-6-16-9(8)10(15)14-11(7-13)4-1-2-5-11/h3,6H,1-2,4-5,7,13H2,(H,14,15). The summed E-state index contributed by atoms with van der Waals surface area (Å²) in [6.07, 6.45) is 4.31. The van der Waals surface area contributed by atoms with Crippen LogP contribution in [0.1, 0.15) is 35.4 Å². The van der Waals surface area contributed by atoms with E-state index >= 15 is 0 Å². The van der Waals surface area contributed by atoms with Crippen molar-refractivity contribution in [2.24, 2.45) is 5.73 Å². The Kier molecular flexibility index (Phi) is 3.66. The molecule has 1 aromatic rings. The van der Waals surface area contributed by atoms with Crippen LogP contribution in [0.25, 0.3) is 0 Å². The molecule has 1 fully saturated rings. The molecule has 1 amide bonds. The van der Waals surface area contributed by atoms with E-state index in [4.69, 9.17) is 5.73 Å². The molecule has 0 atom stereocenters. The summed E-state index contributed by atoms with van der Waals surface area (Å²) >= 11 is 4.82. The van der Waals surface area contributed by atoms with E-state index in [1.807, 2.05) is 11.4 Å². The molecule has 1 aromatic heterocycles. The number of carbonyl (C=O) groups excluding carboxylic acids is 1. The van der Waals surface area contributed by atoms with Gasteiger partial charge < -0.3 is 11.1 Å². The van der Waals surface area contributed by atoms with E-state index in [9.17, 15) is 4.79 Å². The third kappa shape index (κ3) is 2.31. The molecule has 88 valence electrons. The van der Waals surface area contributed by atoms with E-state index in [1.165, 1.54) is 11.3 Å². The molecule has 1 saturated carbocycles. The van der Waals surface area contributed by atoms with Gasteiger partial charge in [-0.1, -0.05) is 12.8 Å². The fraction of sp³-hybridized carbons (Fsp3) is 0.545. The Balaban J connectivity index is 2.09. The summed E-state index contributed by atoms with van der Waals surface area (Å²) in [5, 5.41) is 5.01. The van der Waals surface area contributed by atoms with Gasteiger partial charge in [0.05, 0.1) is 5.54 Å². The number of hydrogen-bond acceptors (Lipinski definition) is 3. The molecule has 0 unspecified atom stereocenters. The van der Waals surface area contributed by atoms with Crippen molar-refractivity contribution in [2.45, 2.75) is 31.2 Å². The first-order valence-corrected chi connectivity index (χ1v) is 7.10. The molecule has 0 spiro atoms. The predicted molar refractivity (Wildman–Crippen MR) is 69.7 cm³/mol. The largest absolute Gasteiger partial charge is 0.345 e. The third-order valence-corrected chi connectivity index (χ3v) is 4.99. The van der Waals surface area contributed by atoms with Crippen molar-refractivity contribution in [1.29, 1.82) is 0 Å². The minimum atomic E-state index is -0.166. The summed E-state index contributed by atoms with van der Waals surface area (Å²) in [5.41, 5.74) is 5.62. The van der Waals surface area contributed by atoms with Crippen LogP contribution < -0.4 is 11.1 Å². The maximum atomic E-state index is 12.1. The molecule has 0 aliphatic heterocycles. The Morgan fingerprint density at radius 2 is 2.25 bits per heavy atom. The highest BCUT2D eigenvalue weighted by Gasteiger charge is 2.34. The molecule has 3 nitrogen and oxygen atoms in total. The second-order valence-electron chi connectivity index (χ2n) is 4.24. The second kappa shape index (κ2) is 4.85. The van der Waals surface area contributed by atoms with Crippen molar-refractivity contribution < 1.29 is 4.79 Å². The van der Waals surface area contributed by atoms with Gasteiger partial charge in [-0.15, -0.1) is 11.3 Å². The first-order valence-electron chi connectivity index (χ1n) is 5.42. The Hall–Kier alpha value is -0.390. The molecule has 2 rings (SSSR count). The van der Waals surface area contributed by atoms with Crippen LogP contribution >= 0.6 is 27.3 Å². The van der Waals surface area contributed by atoms with Gasteiger partial charge in [0.15, 0.2) is 0 Å². The summed E-state index contributed by atoms with van der Waals surface area (Å²) in [4.78, 5) is 12.8. The maximum Gasteiger partial charge on any atom is 0.262 e. The van der Waals surface area contributed by atoms with Gasteiger partial charge in [0.1, 0.15) is 4.88 Å². The quantitative estimate of drug-likeness (QED) is 0.901. The predicted octanol–water partition coefficient (Wildman–Crippen LogP) is 2.51. The molecule has 0 aromatic carbocycles. The first-order chi connectivity index (χ1) is 7.67. The van der Waals surface area contributed by atoms with Crippen molar-refractivity contribution >= 4 is 33.2 Å². The van der Waals surface area contributed by atoms with Crippen molar-refractivity contribution in [2.75, 3.05) is 6.54 Å². The van der Waals surface area contributed by atoms with E-state index < -0.39 is 0 Å². The number of halogens is 1. The molecule has 1 aliphatic carbocycles. The first kappa shape index (κ1) is 12.1. The lowest BCUT2D eigenvalue weighted by molar-refractivity contribution is 0.0906. The fourth-order valence-electron chi connectivity index (χ4n) is 2.19. The van der Waals surface area contributed by atoms with Crippen LogP contribution in [0.4, 0.5) is 0 Å². The van der Waals surface area contributed by atoms with Crippen LogP contribution in [0, 0.1) is 0 Å². The number of rotatable bonds is 3. The summed E-state index contributed by atoms with van der Waals surface area (Å²) in [7, 11) is 0. The van der Waals surface area contributed by atoms with Crippen LogP contribution in [-0.2, 0) is 0 Å². The SMILES string of the molecule is NCC1(NC(=O)c2sccc2Br)CCCC1. The topological polar surface area (TPSA) is 55.1 Å². The summed E-state index contributed by atoms with van der Waals surface area (Å²) in [6.45, 7) is 0.529. The molecule has 0 radical (unpaired) electrons. The van der Waals surface area contributed by atoms with Crippen LogP contribution in [0.15, 0.2) is 15.9 Å². The average Bonchev–Trinajstić information content (AvgIpc) is 2.87. The number of nitrogens with one attached hydrogen (secondary N) is 1. The zero-order valence-electron chi connectivity index (χ0n) is 8.96. The lowest BCUT2D eigenvalue weighted by atomic mass is 9.98. The van der Waals surface area contributed by atoms with E-state index in [1.54, 1.807) is 0 Å². The molecular weight excluding hydrogens is 288 g/mol. The lowest BCUT2D eigenvalue weighted by Crippen LogP contribution is -2.51. The summed E-state index contributed by atoms with van der Waals surface area (Å²) in [6, 6.07) is 1.89. The van der Waals surface area contributed by atoms with Crippen LogP contribution in [0.5, 0.6) is 0 Å². The van der Waals surface area contributed by atoms with E-state index in [2.05, 4.69) is 21.2 Å². The molecule has 0 saturated heterocycles. The summed E-state index contributed by atoms with van der Waals surface area (Å²) < 4.78 is 0.861. The molecule has 1 aliphatic rings. The zero-order valence-corrected chi connectivity index (χ0v) is 11.4. The third-order valence-electron chi connectivity index (χ3n) is 3.15.